The second kappa shape index (κ2) is 8.31. The van der Waals surface area contributed by atoms with Gasteiger partial charge in [0, 0.05) is 12.7 Å². The van der Waals surface area contributed by atoms with Crippen molar-refractivity contribution in [1.82, 2.24) is 10.3 Å². The molecule has 0 spiro atoms. The largest absolute Gasteiger partial charge is 0.495 e. The maximum Gasteiger partial charge on any atom is 0.253 e. The molecule has 3 rings (SSSR count). The van der Waals surface area contributed by atoms with Gasteiger partial charge in [0.15, 0.2) is 0 Å². The molecule has 0 saturated heterocycles. The molecular formula is C21H20FN3O2. The van der Waals surface area contributed by atoms with Gasteiger partial charge in [0.2, 0.25) is 0 Å². The molecule has 1 aromatic heterocycles. The Bertz CT molecular complexity index is 925. The third-order valence-electron chi connectivity index (χ3n) is 4.01. The Hall–Kier alpha value is -3.41. The number of carbonyl (C=O) groups is 1. The zero-order chi connectivity index (χ0) is 19.2. The van der Waals surface area contributed by atoms with Crippen LogP contribution in [0.5, 0.6) is 5.75 Å². The Labute approximate surface area is 157 Å². The number of amides is 1. The fourth-order valence-electron chi connectivity index (χ4n) is 2.55. The molecule has 2 N–H and O–H groups in total. The Morgan fingerprint density at radius 1 is 1.11 bits per heavy atom. The van der Waals surface area contributed by atoms with Gasteiger partial charge < -0.3 is 15.4 Å². The molecule has 0 unspecified atom stereocenters. The van der Waals surface area contributed by atoms with Gasteiger partial charge in [-0.3, -0.25) is 4.79 Å². The van der Waals surface area contributed by atoms with E-state index >= 15 is 0 Å². The van der Waals surface area contributed by atoms with Gasteiger partial charge in [-0.1, -0.05) is 18.2 Å². The quantitative estimate of drug-likeness (QED) is 0.687. The van der Waals surface area contributed by atoms with Crippen molar-refractivity contribution in [2.24, 2.45) is 0 Å². The summed E-state index contributed by atoms with van der Waals surface area (Å²) in [4.78, 5) is 16.5. The van der Waals surface area contributed by atoms with Gasteiger partial charge in [-0.25, -0.2) is 9.37 Å². The Morgan fingerprint density at radius 3 is 2.56 bits per heavy atom. The second-order valence-electron chi connectivity index (χ2n) is 6.07. The number of halogens is 1. The summed E-state index contributed by atoms with van der Waals surface area (Å²) in [5, 5.41) is 5.98. The van der Waals surface area contributed by atoms with Crippen molar-refractivity contribution in [2.75, 3.05) is 12.4 Å². The number of hydrogen-bond acceptors (Lipinski definition) is 4. The third-order valence-corrected chi connectivity index (χ3v) is 4.01. The Balaban J connectivity index is 1.63. The molecule has 6 heteroatoms. The summed E-state index contributed by atoms with van der Waals surface area (Å²) in [5.41, 5.74) is 3.16. The van der Waals surface area contributed by atoms with Crippen LogP contribution in [-0.4, -0.2) is 18.0 Å². The summed E-state index contributed by atoms with van der Waals surface area (Å²) in [6.07, 6.45) is 1.50. The van der Waals surface area contributed by atoms with Gasteiger partial charge in [0.05, 0.1) is 18.4 Å². The predicted molar refractivity (Wildman–Crippen MR) is 103 cm³/mol. The van der Waals surface area contributed by atoms with E-state index in [1.54, 1.807) is 31.4 Å². The zero-order valence-electron chi connectivity index (χ0n) is 15.1. The minimum Gasteiger partial charge on any atom is -0.495 e. The molecule has 1 amide bonds. The SMILES string of the molecule is COc1ccc(C)cc1Nc1ccc(C(=O)NCc2ccc(F)cc2)cn1. The molecule has 0 radical (unpaired) electrons. The molecule has 0 aliphatic rings. The van der Waals surface area contributed by atoms with Crippen molar-refractivity contribution < 1.29 is 13.9 Å². The highest BCUT2D eigenvalue weighted by molar-refractivity contribution is 5.94. The Morgan fingerprint density at radius 2 is 1.89 bits per heavy atom. The van der Waals surface area contributed by atoms with Crippen LogP contribution in [0, 0.1) is 12.7 Å². The predicted octanol–water partition coefficient (Wildman–Crippen LogP) is 4.21. The number of aryl methyl sites for hydroxylation is 1. The van der Waals surface area contributed by atoms with Crippen LogP contribution in [0.2, 0.25) is 0 Å². The number of nitrogens with one attached hydrogen (secondary N) is 2. The summed E-state index contributed by atoms with van der Waals surface area (Å²) in [5.74, 6) is 0.770. The average molecular weight is 365 g/mol. The van der Waals surface area contributed by atoms with Crippen LogP contribution in [0.4, 0.5) is 15.9 Å². The van der Waals surface area contributed by atoms with Crippen molar-refractivity contribution in [3.8, 4) is 5.75 Å². The van der Waals surface area contributed by atoms with Crippen molar-refractivity contribution in [3.63, 3.8) is 0 Å². The number of pyridine rings is 1. The first-order valence-corrected chi connectivity index (χ1v) is 8.45. The summed E-state index contributed by atoms with van der Waals surface area (Å²) in [7, 11) is 1.61. The minimum absolute atomic E-state index is 0.244. The maximum atomic E-state index is 12.9. The monoisotopic (exact) mass is 365 g/mol. The molecule has 1 heterocycles. The van der Waals surface area contributed by atoms with Crippen LogP contribution < -0.4 is 15.4 Å². The lowest BCUT2D eigenvalue weighted by Gasteiger charge is -2.12. The number of methoxy groups -OCH3 is 1. The molecular weight excluding hydrogens is 345 g/mol. The molecule has 0 aliphatic carbocycles. The zero-order valence-corrected chi connectivity index (χ0v) is 15.1. The topological polar surface area (TPSA) is 63.2 Å². The van der Waals surface area contributed by atoms with Crippen molar-refractivity contribution >= 4 is 17.4 Å². The van der Waals surface area contributed by atoms with Crippen LogP contribution in [0.1, 0.15) is 21.5 Å². The summed E-state index contributed by atoms with van der Waals surface area (Å²) >= 11 is 0. The molecule has 0 atom stereocenters. The van der Waals surface area contributed by atoms with E-state index in [0.29, 0.717) is 23.7 Å². The van der Waals surface area contributed by atoms with E-state index in [0.717, 1.165) is 16.8 Å². The lowest BCUT2D eigenvalue weighted by molar-refractivity contribution is 0.0950. The number of benzene rings is 2. The average Bonchev–Trinajstić information content (AvgIpc) is 2.68. The normalized spacial score (nSPS) is 10.3. The highest BCUT2D eigenvalue weighted by atomic mass is 19.1. The van der Waals surface area contributed by atoms with E-state index < -0.39 is 0 Å². The van der Waals surface area contributed by atoms with E-state index in [2.05, 4.69) is 15.6 Å². The smallest absolute Gasteiger partial charge is 0.253 e. The number of anilines is 2. The van der Waals surface area contributed by atoms with Gasteiger partial charge in [0.1, 0.15) is 17.4 Å². The summed E-state index contributed by atoms with van der Waals surface area (Å²) in [6, 6.07) is 15.2. The second-order valence-corrected chi connectivity index (χ2v) is 6.07. The summed E-state index contributed by atoms with van der Waals surface area (Å²) < 4.78 is 18.2. The van der Waals surface area contributed by atoms with Crippen LogP contribution in [0.3, 0.4) is 0 Å². The standard InChI is InChI=1S/C21H20FN3O2/c1-14-3-9-19(27-2)18(11-14)25-20-10-6-16(13-23-20)21(26)24-12-15-4-7-17(22)8-5-15/h3-11,13H,12H2,1-2H3,(H,23,25)(H,24,26). The third kappa shape index (κ3) is 4.82. The highest BCUT2D eigenvalue weighted by Crippen LogP contribution is 2.27. The van der Waals surface area contributed by atoms with Gasteiger partial charge in [0.25, 0.3) is 5.91 Å². The number of rotatable bonds is 6. The number of nitrogens with zero attached hydrogens (tertiary/aromatic N) is 1. The van der Waals surface area contributed by atoms with Crippen molar-refractivity contribution in [3.05, 3.63) is 83.3 Å². The number of ether oxygens (including phenoxy) is 1. The Kier molecular flexibility index (Phi) is 5.66. The number of carbonyl (C=O) groups excluding carboxylic acids is 1. The maximum absolute atomic E-state index is 12.9. The highest BCUT2D eigenvalue weighted by Gasteiger charge is 2.08. The molecule has 0 bridgehead atoms. The fourth-order valence-corrected chi connectivity index (χ4v) is 2.55. The molecule has 2 aromatic carbocycles. The fraction of sp³-hybridized carbons (Fsp3) is 0.143. The van der Waals surface area contributed by atoms with E-state index in [-0.39, 0.29) is 11.7 Å². The number of hydrogen-bond donors (Lipinski definition) is 2. The first-order chi connectivity index (χ1) is 13.0. The van der Waals surface area contributed by atoms with Gasteiger partial charge >= 0.3 is 0 Å². The molecule has 0 saturated carbocycles. The molecule has 138 valence electrons. The van der Waals surface area contributed by atoms with E-state index in [4.69, 9.17) is 4.74 Å². The first kappa shape index (κ1) is 18.4. The molecule has 27 heavy (non-hydrogen) atoms. The van der Waals surface area contributed by atoms with E-state index in [1.165, 1.54) is 18.3 Å². The van der Waals surface area contributed by atoms with Crippen LogP contribution in [-0.2, 0) is 6.54 Å². The van der Waals surface area contributed by atoms with Crippen LogP contribution in [0.15, 0.2) is 60.8 Å². The lowest BCUT2D eigenvalue weighted by atomic mass is 10.2. The van der Waals surface area contributed by atoms with Crippen LogP contribution >= 0.6 is 0 Å². The molecule has 0 aliphatic heterocycles. The molecule has 5 nitrogen and oxygen atoms in total. The molecule has 0 fully saturated rings. The lowest BCUT2D eigenvalue weighted by Crippen LogP contribution is -2.22. The van der Waals surface area contributed by atoms with Gasteiger partial charge in [-0.15, -0.1) is 0 Å². The molecule has 3 aromatic rings. The van der Waals surface area contributed by atoms with E-state index in [9.17, 15) is 9.18 Å². The first-order valence-electron chi connectivity index (χ1n) is 8.45. The van der Waals surface area contributed by atoms with Gasteiger partial charge in [-0.2, -0.15) is 0 Å². The van der Waals surface area contributed by atoms with Crippen molar-refractivity contribution in [1.29, 1.82) is 0 Å². The van der Waals surface area contributed by atoms with Crippen LogP contribution in [0.25, 0.3) is 0 Å². The van der Waals surface area contributed by atoms with Gasteiger partial charge in [-0.05, 0) is 54.4 Å². The summed E-state index contributed by atoms with van der Waals surface area (Å²) in [6.45, 7) is 2.31. The van der Waals surface area contributed by atoms with E-state index in [1.807, 2.05) is 25.1 Å². The minimum atomic E-state index is -0.303. The van der Waals surface area contributed by atoms with Crippen molar-refractivity contribution in [2.45, 2.75) is 13.5 Å². The number of aromatic nitrogens is 1.